The van der Waals surface area contributed by atoms with Gasteiger partial charge in [0.1, 0.15) is 0 Å². The summed E-state index contributed by atoms with van der Waals surface area (Å²) in [6.07, 6.45) is 3.46. The molecule has 0 radical (unpaired) electrons. The molecule has 0 spiro atoms. The molecule has 1 aromatic rings. The molecule has 1 aromatic carbocycles. The minimum Gasteiger partial charge on any atom is -0.329 e. The van der Waals surface area contributed by atoms with Crippen LogP contribution in [0.25, 0.3) is 0 Å². The Hall–Kier alpha value is -0.510. The van der Waals surface area contributed by atoms with Gasteiger partial charge in [-0.25, -0.2) is 0 Å². The van der Waals surface area contributed by atoms with Crippen LogP contribution >= 0.6 is 11.8 Å². The van der Waals surface area contributed by atoms with E-state index in [2.05, 4.69) is 61.0 Å². The molecule has 0 aromatic heterocycles. The average Bonchev–Trinajstić information content (AvgIpc) is 2.99. The second-order valence-electron chi connectivity index (χ2n) is 5.57. The van der Waals surface area contributed by atoms with Crippen LogP contribution in [0.15, 0.2) is 30.3 Å². The van der Waals surface area contributed by atoms with Gasteiger partial charge in [0.05, 0.1) is 0 Å². The van der Waals surface area contributed by atoms with Crippen molar-refractivity contribution in [2.45, 2.75) is 37.8 Å². The second kappa shape index (κ2) is 6.78. The van der Waals surface area contributed by atoms with E-state index >= 15 is 0 Å². The zero-order valence-electron chi connectivity index (χ0n) is 12.1. The number of thioether (sulfide) groups is 1. The van der Waals surface area contributed by atoms with E-state index in [-0.39, 0.29) is 5.54 Å². The first-order chi connectivity index (χ1) is 9.22. The quantitative estimate of drug-likeness (QED) is 0.867. The van der Waals surface area contributed by atoms with Gasteiger partial charge in [-0.2, -0.15) is 11.8 Å². The highest BCUT2D eigenvalue weighted by Crippen LogP contribution is 2.30. The molecule has 2 rings (SSSR count). The third-order valence-electron chi connectivity index (χ3n) is 4.62. The Balaban J connectivity index is 2.16. The van der Waals surface area contributed by atoms with Gasteiger partial charge in [-0.3, -0.25) is 4.90 Å². The lowest BCUT2D eigenvalue weighted by Gasteiger charge is -2.44. The van der Waals surface area contributed by atoms with E-state index < -0.39 is 0 Å². The van der Waals surface area contributed by atoms with Gasteiger partial charge in [-0.1, -0.05) is 37.3 Å². The Kier molecular flexibility index (Phi) is 5.31. The molecule has 2 N–H and O–H groups in total. The van der Waals surface area contributed by atoms with Gasteiger partial charge in [-0.15, -0.1) is 0 Å². The van der Waals surface area contributed by atoms with Crippen molar-refractivity contribution in [3.63, 3.8) is 0 Å². The fourth-order valence-electron chi connectivity index (χ4n) is 3.05. The molecule has 0 amide bonds. The van der Waals surface area contributed by atoms with Crippen LogP contribution in [0.1, 0.15) is 25.3 Å². The number of nitrogens with zero attached hydrogens (tertiary/aromatic N) is 1. The van der Waals surface area contributed by atoms with E-state index in [0.717, 1.165) is 19.4 Å². The Morgan fingerprint density at radius 2 is 2.11 bits per heavy atom. The average molecular weight is 278 g/mol. The fraction of sp³-hybridized carbons (Fsp3) is 0.625. The Morgan fingerprint density at radius 3 is 2.63 bits per heavy atom. The summed E-state index contributed by atoms with van der Waals surface area (Å²) >= 11 is 2.07. The minimum absolute atomic E-state index is 0.108. The minimum atomic E-state index is 0.108. The van der Waals surface area contributed by atoms with Crippen molar-refractivity contribution in [1.82, 2.24) is 4.90 Å². The molecule has 3 heteroatoms. The predicted octanol–water partition coefficient (Wildman–Crippen LogP) is 2.77. The van der Waals surface area contributed by atoms with E-state index in [4.69, 9.17) is 5.73 Å². The third kappa shape index (κ3) is 3.33. The first kappa shape index (κ1) is 14.9. The van der Waals surface area contributed by atoms with Crippen molar-refractivity contribution in [1.29, 1.82) is 0 Å². The van der Waals surface area contributed by atoms with Gasteiger partial charge in [0.2, 0.25) is 0 Å². The van der Waals surface area contributed by atoms with Gasteiger partial charge in [0.15, 0.2) is 0 Å². The van der Waals surface area contributed by atoms with Crippen molar-refractivity contribution >= 4 is 11.8 Å². The van der Waals surface area contributed by atoms with E-state index in [1.165, 1.54) is 23.5 Å². The van der Waals surface area contributed by atoms with Crippen LogP contribution in [0, 0.1) is 0 Å². The van der Waals surface area contributed by atoms with Gasteiger partial charge < -0.3 is 5.73 Å². The number of benzene rings is 1. The maximum atomic E-state index is 6.19. The summed E-state index contributed by atoms with van der Waals surface area (Å²) in [6.45, 7) is 3.00. The van der Waals surface area contributed by atoms with Crippen molar-refractivity contribution in [2.24, 2.45) is 5.73 Å². The molecule has 1 fully saturated rings. The highest BCUT2D eigenvalue weighted by Gasteiger charge is 2.36. The van der Waals surface area contributed by atoms with Crippen molar-refractivity contribution in [3.05, 3.63) is 35.9 Å². The summed E-state index contributed by atoms with van der Waals surface area (Å²) in [4.78, 5) is 2.57. The van der Waals surface area contributed by atoms with Crippen LogP contribution in [0.5, 0.6) is 0 Å². The Labute approximate surface area is 121 Å². The molecule has 0 aliphatic carbocycles. The molecule has 1 aliphatic heterocycles. The molecule has 1 heterocycles. The van der Waals surface area contributed by atoms with Crippen LogP contribution in [0.3, 0.4) is 0 Å². The molecular formula is C16H26N2S. The zero-order valence-corrected chi connectivity index (χ0v) is 13.0. The summed E-state index contributed by atoms with van der Waals surface area (Å²) in [5, 5.41) is 0. The SMILES string of the molecule is CCC(CN)(Cc1ccccc1)N(C)C1CCSC1. The van der Waals surface area contributed by atoms with Gasteiger partial charge >= 0.3 is 0 Å². The maximum Gasteiger partial charge on any atom is 0.0369 e. The van der Waals surface area contributed by atoms with E-state index in [9.17, 15) is 0 Å². The van der Waals surface area contributed by atoms with Crippen molar-refractivity contribution in [3.8, 4) is 0 Å². The Morgan fingerprint density at radius 1 is 1.37 bits per heavy atom. The smallest absolute Gasteiger partial charge is 0.0369 e. The van der Waals surface area contributed by atoms with Crippen LogP contribution in [-0.2, 0) is 6.42 Å². The maximum absolute atomic E-state index is 6.19. The molecular weight excluding hydrogens is 252 g/mol. The van der Waals surface area contributed by atoms with Crippen LogP contribution < -0.4 is 5.73 Å². The molecule has 2 unspecified atom stereocenters. The zero-order chi connectivity index (χ0) is 13.7. The molecule has 0 bridgehead atoms. The predicted molar refractivity (Wildman–Crippen MR) is 85.7 cm³/mol. The lowest BCUT2D eigenvalue weighted by atomic mass is 9.85. The van der Waals surface area contributed by atoms with Gasteiger partial charge in [0.25, 0.3) is 0 Å². The van der Waals surface area contributed by atoms with Gasteiger partial charge in [0, 0.05) is 23.9 Å². The highest BCUT2D eigenvalue weighted by atomic mass is 32.2. The fourth-order valence-corrected chi connectivity index (χ4v) is 4.32. The molecule has 2 atom stereocenters. The topological polar surface area (TPSA) is 29.3 Å². The van der Waals surface area contributed by atoms with Crippen molar-refractivity contribution < 1.29 is 0 Å². The normalized spacial score (nSPS) is 22.6. The van der Waals surface area contributed by atoms with Crippen LogP contribution in [-0.4, -0.2) is 41.6 Å². The number of hydrogen-bond donors (Lipinski definition) is 1. The largest absolute Gasteiger partial charge is 0.329 e. The number of hydrogen-bond acceptors (Lipinski definition) is 3. The second-order valence-corrected chi connectivity index (χ2v) is 6.72. The monoisotopic (exact) mass is 278 g/mol. The lowest BCUT2D eigenvalue weighted by Crippen LogP contribution is -2.57. The number of nitrogens with two attached hydrogens (primary N) is 1. The molecule has 106 valence electrons. The van der Waals surface area contributed by atoms with Gasteiger partial charge in [-0.05, 0) is 37.6 Å². The standard InChI is InChI=1S/C16H26N2S/c1-3-16(13-17,11-14-7-5-4-6-8-14)18(2)15-9-10-19-12-15/h4-8,15H,3,9-13,17H2,1-2H3. The number of rotatable bonds is 6. The summed E-state index contributed by atoms with van der Waals surface area (Å²) in [7, 11) is 2.27. The highest BCUT2D eigenvalue weighted by molar-refractivity contribution is 7.99. The summed E-state index contributed by atoms with van der Waals surface area (Å²) in [5.41, 5.74) is 7.69. The summed E-state index contributed by atoms with van der Waals surface area (Å²) in [6, 6.07) is 11.5. The first-order valence-electron chi connectivity index (χ1n) is 7.26. The van der Waals surface area contributed by atoms with Crippen molar-refractivity contribution in [2.75, 3.05) is 25.1 Å². The first-order valence-corrected chi connectivity index (χ1v) is 8.42. The summed E-state index contributed by atoms with van der Waals surface area (Å²) < 4.78 is 0. The van der Waals surface area contributed by atoms with Crippen LogP contribution in [0.4, 0.5) is 0 Å². The molecule has 2 nitrogen and oxygen atoms in total. The third-order valence-corrected chi connectivity index (χ3v) is 5.76. The van der Waals surface area contributed by atoms with Crippen LogP contribution in [0.2, 0.25) is 0 Å². The summed E-state index contributed by atoms with van der Waals surface area (Å²) in [5.74, 6) is 2.55. The molecule has 1 aliphatic rings. The molecule has 19 heavy (non-hydrogen) atoms. The van der Waals surface area contributed by atoms with E-state index in [1.807, 2.05) is 0 Å². The Bertz CT molecular complexity index is 370. The molecule has 1 saturated heterocycles. The number of likely N-dealkylation sites (N-methyl/N-ethyl adjacent to an activating group) is 1. The van der Waals surface area contributed by atoms with E-state index in [0.29, 0.717) is 6.04 Å². The van der Waals surface area contributed by atoms with E-state index in [1.54, 1.807) is 0 Å². The molecule has 0 saturated carbocycles. The lowest BCUT2D eigenvalue weighted by molar-refractivity contribution is 0.0829.